The van der Waals surface area contributed by atoms with Gasteiger partial charge in [0.25, 0.3) is 5.69 Å². The van der Waals surface area contributed by atoms with Crippen LogP contribution in [-0.4, -0.2) is 14.7 Å². The Bertz CT molecular complexity index is 563. The van der Waals surface area contributed by atoms with Crippen LogP contribution >= 0.6 is 15.9 Å². The predicted molar refractivity (Wildman–Crippen MR) is 59.5 cm³/mol. The van der Waals surface area contributed by atoms with Crippen molar-refractivity contribution in [1.29, 1.82) is 0 Å². The molecule has 6 nitrogen and oxygen atoms in total. The van der Waals surface area contributed by atoms with Crippen molar-refractivity contribution in [2.24, 2.45) is 7.05 Å². The fraction of sp³-hybridized carbons (Fsp3) is 0.125. The Kier molecular flexibility index (Phi) is 2.11. The van der Waals surface area contributed by atoms with Gasteiger partial charge in [-0.1, -0.05) is 0 Å². The maximum absolute atomic E-state index is 10.6. The van der Waals surface area contributed by atoms with Crippen LogP contribution in [0.1, 0.15) is 0 Å². The molecule has 0 radical (unpaired) electrons. The number of halogens is 1. The molecule has 1 heterocycles. The number of hydrogen-bond acceptors (Lipinski definition) is 4. The van der Waals surface area contributed by atoms with Crippen molar-refractivity contribution in [3.05, 3.63) is 26.7 Å². The minimum absolute atomic E-state index is 0.00549. The Hall–Kier alpha value is -1.63. The predicted octanol–water partition coefficient (Wildman–Crippen LogP) is 1.83. The largest absolute Gasteiger partial charge is 0.383 e. The Morgan fingerprint density at radius 1 is 1.60 bits per heavy atom. The van der Waals surface area contributed by atoms with Gasteiger partial charge in [0.15, 0.2) is 0 Å². The third-order valence-electron chi connectivity index (χ3n) is 2.13. The van der Waals surface area contributed by atoms with Crippen LogP contribution in [0, 0.1) is 10.1 Å². The Morgan fingerprint density at radius 3 is 2.87 bits per heavy atom. The molecule has 0 aliphatic rings. The van der Waals surface area contributed by atoms with E-state index in [-0.39, 0.29) is 5.69 Å². The summed E-state index contributed by atoms with van der Waals surface area (Å²) < 4.78 is 2.05. The zero-order valence-corrected chi connectivity index (χ0v) is 9.35. The van der Waals surface area contributed by atoms with E-state index in [0.717, 1.165) is 0 Å². The van der Waals surface area contributed by atoms with Gasteiger partial charge in [-0.2, -0.15) is 5.10 Å². The topological polar surface area (TPSA) is 87.0 Å². The van der Waals surface area contributed by atoms with E-state index in [1.807, 2.05) is 0 Å². The van der Waals surface area contributed by atoms with Crippen molar-refractivity contribution in [1.82, 2.24) is 9.78 Å². The molecule has 1 aromatic heterocycles. The molecule has 0 atom stereocenters. The van der Waals surface area contributed by atoms with Crippen molar-refractivity contribution >= 4 is 38.3 Å². The van der Waals surface area contributed by atoms with Crippen molar-refractivity contribution < 1.29 is 4.92 Å². The number of aryl methyl sites for hydroxylation is 1. The molecule has 2 aromatic rings. The molecule has 0 aliphatic heterocycles. The molecule has 0 amide bonds. The highest BCUT2D eigenvalue weighted by Gasteiger charge is 2.15. The Morgan fingerprint density at radius 2 is 2.27 bits per heavy atom. The van der Waals surface area contributed by atoms with Gasteiger partial charge in [0.1, 0.15) is 11.3 Å². The number of anilines is 1. The van der Waals surface area contributed by atoms with E-state index in [9.17, 15) is 10.1 Å². The van der Waals surface area contributed by atoms with Crippen LogP contribution in [0.3, 0.4) is 0 Å². The molecular weight excluding hydrogens is 264 g/mol. The van der Waals surface area contributed by atoms with E-state index < -0.39 is 4.92 Å². The quantitative estimate of drug-likeness (QED) is 0.633. The first-order chi connectivity index (χ1) is 7.00. The van der Waals surface area contributed by atoms with Gasteiger partial charge < -0.3 is 5.73 Å². The zero-order valence-electron chi connectivity index (χ0n) is 7.77. The molecule has 2 rings (SSSR count). The first kappa shape index (κ1) is 9.91. The Balaban J connectivity index is 2.85. The lowest BCUT2D eigenvalue weighted by molar-refractivity contribution is -0.384. The summed E-state index contributed by atoms with van der Waals surface area (Å²) in [5.74, 6) is 0.411. The zero-order chi connectivity index (χ0) is 11.2. The molecule has 78 valence electrons. The summed E-state index contributed by atoms with van der Waals surface area (Å²) in [6.07, 6.45) is 0. The highest BCUT2D eigenvalue weighted by molar-refractivity contribution is 9.10. The van der Waals surface area contributed by atoms with Crippen LogP contribution in [0.15, 0.2) is 16.6 Å². The average molecular weight is 271 g/mol. The average Bonchev–Trinajstić information content (AvgIpc) is 2.45. The molecule has 0 bridgehead atoms. The summed E-state index contributed by atoms with van der Waals surface area (Å²) >= 11 is 3.23. The molecule has 1 aromatic carbocycles. The number of nitro benzene ring substituents is 1. The number of benzene rings is 1. The SMILES string of the molecule is Cn1nc2c(Br)cc([N+](=O)[O-])cc2c1N. The second kappa shape index (κ2) is 3.20. The molecular formula is C8H7BrN4O2. The van der Waals surface area contributed by atoms with Crippen LogP contribution in [-0.2, 0) is 7.05 Å². The van der Waals surface area contributed by atoms with Crippen molar-refractivity contribution in [3.8, 4) is 0 Å². The third kappa shape index (κ3) is 1.44. The minimum atomic E-state index is -0.462. The smallest absolute Gasteiger partial charge is 0.271 e. The molecule has 15 heavy (non-hydrogen) atoms. The lowest BCUT2D eigenvalue weighted by Crippen LogP contribution is -1.96. The van der Waals surface area contributed by atoms with Crippen LogP contribution in [0.2, 0.25) is 0 Å². The maximum Gasteiger partial charge on any atom is 0.271 e. The van der Waals surface area contributed by atoms with Crippen LogP contribution in [0.4, 0.5) is 11.5 Å². The third-order valence-corrected chi connectivity index (χ3v) is 2.74. The second-order valence-electron chi connectivity index (χ2n) is 3.09. The highest BCUT2D eigenvalue weighted by Crippen LogP contribution is 2.31. The molecule has 0 aliphatic carbocycles. The van der Waals surface area contributed by atoms with E-state index in [1.54, 1.807) is 7.05 Å². The van der Waals surface area contributed by atoms with E-state index in [0.29, 0.717) is 21.2 Å². The first-order valence-electron chi connectivity index (χ1n) is 4.07. The minimum Gasteiger partial charge on any atom is -0.383 e. The van der Waals surface area contributed by atoms with E-state index in [4.69, 9.17) is 5.73 Å². The number of non-ortho nitro benzene ring substituents is 1. The van der Waals surface area contributed by atoms with Gasteiger partial charge >= 0.3 is 0 Å². The lowest BCUT2D eigenvalue weighted by Gasteiger charge is -1.95. The molecule has 0 unspecified atom stereocenters. The van der Waals surface area contributed by atoms with Gasteiger partial charge in [0.2, 0.25) is 0 Å². The number of rotatable bonds is 1. The fourth-order valence-electron chi connectivity index (χ4n) is 1.37. The number of nitro groups is 1. The number of aromatic nitrogens is 2. The van der Waals surface area contributed by atoms with Crippen molar-refractivity contribution in [2.45, 2.75) is 0 Å². The molecule has 2 N–H and O–H groups in total. The molecule has 0 spiro atoms. The Labute approximate surface area is 92.9 Å². The number of nitrogen functional groups attached to an aromatic ring is 1. The summed E-state index contributed by atoms with van der Waals surface area (Å²) in [4.78, 5) is 10.2. The van der Waals surface area contributed by atoms with Crippen molar-refractivity contribution in [2.75, 3.05) is 5.73 Å². The van der Waals surface area contributed by atoms with Gasteiger partial charge in [-0.3, -0.25) is 14.8 Å². The fourth-order valence-corrected chi connectivity index (χ4v) is 1.89. The van der Waals surface area contributed by atoms with Gasteiger partial charge in [-0.15, -0.1) is 0 Å². The summed E-state index contributed by atoms with van der Waals surface area (Å²) in [6, 6.07) is 2.83. The van der Waals surface area contributed by atoms with E-state index in [1.165, 1.54) is 16.8 Å². The van der Waals surface area contributed by atoms with Crippen molar-refractivity contribution in [3.63, 3.8) is 0 Å². The number of nitrogens with two attached hydrogens (primary N) is 1. The van der Waals surface area contributed by atoms with Gasteiger partial charge in [0, 0.05) is 19.2 Å². The number of hydrogen-bond donors (Lipinski definition) is 1. The number of fused-ring (bicyclic) bond motifs is 1. The summed E-state index contributed by atoms with van der Waals surface area (Å²) in [6.45, 7) is 0. The second-order valence-corrected chi connectivity index (χ2v) is 3.94. The normalized spacial score (nSPS) is 10.8. The first-order valence-corrected chi connectivity index (χ1v) is 4.86. The standard InChI is InChI=1S/C8H7BrN4O2/c1-12-8(10)5-2-4(13(14)15)3-6(9)7(5)11-12/h2-3H,10H2,1H3. The summed E-state index contributed by atoms with van der Waals surface area (Å²) in [5, 5.41) is 15.3. The molecule has 0 fully saturated rings. The van der Waals surface area contributed by atoms with Crippen LogP contribution in [0.5, 0.6) is 0 Å². The van der Waals surface area contributed by atoms with Crippen LogP contribution < -0.4 is 5.73 Å². The lowest BCUT2D eigenvalue weighted by atomic mass is 10.2. The van der Waals surface area contributed by atoms with Gasteiger partial charge in [0.05, 0.1) is 14.8 Å². The van der Waals surface area contributed by atoms with Gasteiger partial charge in [-0.05, 0) is 15.9 Å². The van der Waals surface area contributed by atoms with E-state index in [2.05, 4.69) is 21.0 Å². The van der Waals surface area contributed by atoms with Crippen LogP contribution in [0.25, 0.3) is 10.9 Å². The van der Waals surface area contributed by atoms with Gasteiger partial charge in [-0.25, -0.2) is 0 Å². The van der Waals surface area contributed by atoms with E-state index >= 15 is 0 Å². The molecule has 0 saturated heterocycles. The number of nitrogens with zero attached hydrogens (tertiary/aromatic N) is 3. The monoisotopic (exact) mass is 270 g/mol. The summed E-state index contributed by atoms with van der Waals surface area (Å²) in [7, 11) is 1.69. The highest BCUT2D eigenvalue weighted by atomic mass is 79.9. The summed E-state index contributed by atoms with van der Waals surface area (Å²) in [5.41, 5.74) is 6.35. The molecule has 7 heteroatoms. The maximum atomic E-state index is 10.6. The molecule has 0 saturated carbocycles.